The quantitative estimate of drug-likeness (QED) is 0.742. The van der Waals surface area contributed by atoms with Gasteiger partial charge in [-0.2, -0.15) is 0 Å². The number of carbonyl (C=O) groups is 3. The zero-order chi connectivity index (χ0) is 19.4. The van der Waals surface area contributed by atoms with Gasteiger partial charge in [0.25, 0.3) is 5.91 Å². The van der Waals surface area contributed by atoms with Crippen molar-refractivity contribution in [2.75, 3.05) is 26.2 Å². The normalized spacial score (nSPS) is 19.5. The van der Waals surface area contributed by atoms with Gasteiger partial charge in [0.05, 0.1) is 5.92 Å². The molecular weight excluding hydrogens is 349 g/mol. The van der Waals surface area contributed by atoms with Crippen LogP contribution in [0, 0.1) is 24.6 Å². The van der Waals surface area contributed by atoms with Gasteiger partial charge in [0.1, 0.15) is 5.82 Å². The molecule has 1 aliphatic carbocycles. The molecule has 1 aliphatic heterocycles. The molecule has 7 heteroatoms. The highest BCUT2D eigenvalue weighted by Crippen LogP contribution is 2.32. The van der Waals surface area contributed by atoms with Crippen molar-refractivity contribution < 1.29 is 18.8 Å². The summed E-state index contributed by atoms with van der Waals surface area (Å²) in [7, 11) is 0. The number of nitrogens with one attached hydrogen (secondary N) is 2. The molecule has 3 amide bonds. The number of rotatable bonds is 6. The predicted octanol–water partition coefficient (Wildman–Crippen LogP) is 1.63. The van der Waals surface area contributed by atoms with Crippen LogP contribution in [0.3, 0.4) is 0 Å². The second-order valence-corrected chi connectivity index (χ2v) is 7.41. The summed E-state index contributed by atoms with van der Waals surface area (Å²) in [5, 5.41) is 5.49. The van der Waals surface area contributed by atoms with E-state index >= 15 is 0 Å². The van der Waals surface area contributed by atoms with E-state index in [0.29, 0.717) is 18.7 Å². The third kappa shape index (κ3) is 5.05. The van der Waals surface area contributed by atoms with E-state index in [4.69, 9.17) is 0 Å². The Balaban J connectivity index is 1.39. The molecule has 2 aliphatic rings. The van der Waals surface area contributed by atoms with Crippen molar-refractivity contribution in [3.63, 3.8) is 0 Å². The lowest BCUT2D eigenvalue weighted by molar-refractivity contribution is -0.136. The molecular formula is C20H26FN3O3. The largest absolute Gasteiger partial charge is 0.354 e. The highest BCUT2D eigenvalue weighted by molar-refractivity contribution is 5.94. The molecule has 1 heterocycles. The fourth-order valence-corrected chi connectivity index (χ4v) is 3.32. The molecule has 6 nitrogen and oxygen atoms in total. The third-order valence-corrected chi connectivity index (χ3v) is 5.17. The fourth-order valence-electron chi connectivity index (χ4n) is 3.32. The fraction of sp³-hybridized carbons (Fsp3) is 0.550. The summed E-state index contributed by atoms with van der Waals surface area (Å²) in [6, 6.07) is 4.33. The molecule has 1 atom stereocenters. The van der Waals surface area contributed by atoms with Gasteiger partial charge in [-0.05, 0) is 50.3 Å². The predicted molar refractivity (Wildman–Crippen MR) is 98.5 cm³/mol. The van der Waals surface area contributed by atoms with Crippen LogP contribution < -0.4 is 10.6 Å². The number of halogens is 1. The Hall–Kier alpha value is -2.44. The SMILES string of the molecule is Cc1ccc(C(=O)NCCNC(=O)C2CCCN(C(=O)C3CC3)C2)cc1F. The van der Waals surface area contributed by atoms with E-state index in [2.05, 4.69) is 10.6 Å². The van der Waals surface area contributed by atoms with Gasteiger partial charge in [-0.3, -0.25) is 14.4 Å². The summed E-state index contributed by atoms with van der Waals surface area (Å²) < 4.78 is 13.5. The molecule has 2 fully saturated rings. The second-order valence-electron chi connectivity index (χ2n) is 7.41. The van der Waals surface area contributed by atoms with Crippen molar-refractivity contribution >= 4 is 17.7 Å². The van der Waals surface area contributed by atoms with E-state index in [-0.39, 0.29) is 41.7 Å². The van der Waals surface area contributed by atoms with Gasteiger partial charge in [-0.25, -0.2) is 4.39 Å². The average Bonchev–Trinajstić information content (AvgIpc) is 3.51. The number of likely N-dealkylation sites (tertiary alicyclic amines) is 1. The lowest BCUT2D eigenvalue weighted by Gasteiger charge is -2.32. The number of piperidine rings is 1. The van der Waals surface area contributed by atoms with Crippen LogP contribution in [0.2, 0.25) is 0 Å². The molecule has 2 N–H and O–H groups in total. The maximum Gasteiger partial charge on any atom is 0.251 e. The Morgan fingerprint density at radius 1 is 1.11 bits per heavy atom. The lowest BCUT2D eigenvalue weighted by atomic mass is 9.96. The molecule has 1 aromatic rings. The highest BCUT2D eigenvalue weighted by atomic mass is 19.1. The molecule has 27 heavy (non-hydrogen) atoms. The summed E-state index contributed by atoms with van der Waals surface area (Å²) >= 11 is 0. The summed E-state index contributed by atoms with van der Waals surface area (Å²) in [5.41, 5.74) is 0.742. The second kappa shape index (κ2) is 8.50. The summed E-state index contributed by atoms with van der Waals surface area (Å²) in [6.45, 7) is 3.42. The first-order chi connectivity index (χ1) is 13.0. The first kappa shape index (κ1) is 19.3. The third-order valence-electron chi connectivity index (χ3n) is 5.17. The smallest absolute Gasteiger partial charge is 0.251 e. The van der Waals surface area contributed by atoms with Crippen LogP contribution in [-0.4, -0.2) is 48.8 Å². The number of hydrogen-bond acceptors (Lipinski definition) is 3. The van der Waals surface area contributed by atoms with Crippen LogP contribution in [0.5, 0.6) is 0 Å². The Morgan fingerprint density at radius 2 is 1.85 bits per heavy atom. The van der Waals surface area contributed by atoms with Crippen molar-refractivity contribution in [1.82, 2.24) is 15.5 Å². The molecule has 0 radical (unpaired) electrons. The van der Waals surface area contributed by atoms with Gasteiger partial charge in [0, 0.05) is 37.7 Å². The van der Waals surface area contributed by atoms with Gasteiger partial charge in [-0.1, -0.05) is 6.07 Å². The van der Waals surface area contributed by atoms with Crippen molar-refractivity contribution in [3.05, 3.63) is 35.1 Å². The summed E-state index contributed by atoms with van der Waals surface area (Å²) in [4.78, 5) is 38.3. The topological polar surface area (TPSA) is 78.5 Å². The first-order valence-electron chi connectivity index (χ1n) is 9.56. The van der Waals surface area contributed by atoms with E-state index in [9.17, 15) is 18.8 Å². The minimum atomic E-state index is -0.418. The number of amides is 3. The maximum absolute atomic E-state index is 13.5. The van der Waals surface area contributed by atoms with Crippen LogP contribution >= 0.6 is 0 Å². The Morgan fingerprint density at radius 3 is 2.56 bits per heavy atom. The Kier molecular flexibility index (Phi) is 6.08. The number of hydrogen-bond donors (Lipinski definition) is 2. The van der Waals surface area contributed by atoms with Gasteiger partial charge in [0.2, 0.25) is 11.8 Å². The zero-order valence-electron chi connectivity index (χ0n) is 15.6. The van der Waals surface area contributed by atoms with E-state index in [1.54, 1.807) is 19.1 Å². The minimum Gasteiger partial charge on any atom is -0.354 e. The van der Waals surface area contributed by atoms with E-state index in [1.165, 1.54) is 6.07 Å². The summed E-state index contributed by atoms with van der Waals surface area (Å²) in [6.07, 6.45) is 3.55. The molecule has 1 aromatic carbocycles. The average molecular weight is 375 g/mol. The Labute approximate surface area is 158 Å². The molecule has 3 rings (SSSR count). The molecule has 1 saturated carbocycles. The maximum atomic E-state index is 13.5. The number of nitrogens with zero attached hydrogens (tertiary/aromatic N) is 1. The first-order valence-corrected chi connectivity index (χ1v) is 9.56. The number of carbonyl (C=O) groups excluding carboxylic acids is 3. The van der Waals surface area contributed by atoms with Gasteiger partial charge in [-0.15, -0.1) is 0 Å². The van der Waals surface area contributed by atoms with E-state index in [0.717, 1.165) is 32.2 Å². The van der Waals surface area contributed by atoms with Crippen molar-refractivity contribution in [2.24, 2.45) is 11.8 Å². The highest BCUT2D eigenvalue weighted by Gasteiger charge is 2.36. The van der Waals surface area contributed by atoms with Gasteiger partial charge in [0.15, 0.2) is 0 Å². The molecule has 1 unspecified atom stereocenters. The van der Waals surface area contributed by atoms with Gasteiger partial charge >= 0.3 is 0 Å². The van der Waals surface area contributed by atoms with E-state index < -0.39 is 5.82 Å². The van der Waals surface area contributed by atoms with Crippen LogP contribution in [0.25, 0.3) is 0 Å². The molecule has 1 saturated heterocycles. The van der Waals surface area contributed by atoms with Crippen molar-refractivity contribution in [1.29, 1.82) is 0 Å². The molecule has 0 aromatic heterocycles. The number of benzene rings is 1. The van der Waals surface area contributed by atoms with Crippen LogP contribution in [0.15, 0.2) is 18.2 Å². The molecule has 0 bridgehead atoms. The van der Waals surface area contributed by atoms with Crippen LogP contribution in [0.1, 0.15) is 41.6 Å². The van der Waals surface area contributed by atoms with Crippen LogP contribution in [0.4, 0.5) is 4.39 Å². The Bertz CT molecular complexity index is 733. The zero-order valence-corrected chi connectivity index (χ0v) is 15.6. The van der Waals surface area contributed by atoms with Crippen molar-refractivity contribution in [3.8, 4) is 0 Å². The van der Waals surface area contributed by atoms with E-state index in [1.807, 2.05) is 4.90 Å². The molecule has 0 spiro atoms. The van der Waals surface area contributed by atoms with Crippen molar-refractivity contribution in [2.45, 2.75) is 32.6 Å². The minimum absolute atomic E-state index is 0.0843. The monoisotopic (exact) mass is 375 g/mol. The van der Waals surface area contributed by atoms with Crippen LogP contribution in [-0.2, 0) is 9.59 Å². The lowest BCUT2D eigenvalue weighted by Crippen LogP contribution is -2.47. The van der Waals surface area contributed by atoms with Gasteiger partial charge < -0.3 is 15.5 Å². The summed E-state index contributed by atoms with van der Waals surface area (Å²) in [5.74, 6) is -0.707. The molecule has 146 valence electrons. The standard InChI is InChI=1S/C20H26FN3O3/c1-13-4-5-15(11-17(13)21)18(25)22-8-9-23-19(26)16-3-2-10-24(12-16)20(27)14-6-7-14/h4-5,11,14,16H,2-3,6-10,12H2,1H3,(H,22,25)(H,23,26). The number of aryl methyl sites for hydroxylation is 1.